The summed E-state index contributed by atoms with van der Waals surface area (Å²) in [6.45, 7) is 1.70. The van der Waals surface area contributed by atoms with Crippen LogP contribution in [0, 0.1) is 34.0 Å². The molecule has 0 spiro atoms. The van der Waals surface area contributed by atoms with Crippen LogP contribution in [0.5, 0.6) is 0 Å². The zero-order chi connectivity index (χ0) is 26.9. The maximum absolute atomic E-state index is 14.0. The normalized spacial score (nSPS) is 16.6. The molecule has 1 aliphatic rings. The van der Waals surface area contributed by atoms with Crippen molar-refractivity contribution in [2.75, 3.05) is 17.8 Å². The second kappa shape index (κ2) is 13.0. The number of rotatable bonds is 7. The van der Waals surface area contributed by atoms with Gasteiger partial charge < -0.3 is 4.74 Å². The molecular weight excluding hydrogens is 572 g/mol. The van der Waals surface area contributed by atoms with Gasteiger partial charge in [0, 0.05) is 15.1 Å². The number of allylic oxidation sites excluding steroid dienone is 3. The molecule has 2 aromatic carbocycles. The number of amides is 1. The minimum atomic E-state index is -0.850. The van der Waals surface area contributed by atoms with E-state index in [-0.39, 0.29) is 28.7 Å². The number of carbonyl (C=O) groups is 2. The van der Waals surface area contributed by atoms with Crippen molar-refractivity contribution >= 4 is 62.6 Å². The molecule has 184 valence electrons. The molecule has 0 aromatic heterocycles. The van der Waals surface area contributed by atoms with E-state index in [1.54, 1.807) is 37.4 Å². The predicted octanol–water partition coefficient (Wildman–Crippen LogP) is 5.94. The number of nitrogens with zero attached hydrogens (tertiary/aromatic N) is 4. The highest BCUT2D eigenvalue weighted by Gasteiger charge is 2.43. The Morgan fingerprint density at radius 3 is 2.30 bits per heavy atom. The third kappa shape index (κ3) is 6.15. The number of halogens is 1. The SMILES string of the molecule is CCOC(=O)C(C#N)=C1SC(C(SC)=C(C=C(C#N)C#N)c2ccccc2)C(=O)N1c1ccc(Br)cc1. The van der Waals surface area contributed by atoms with Gasteiger partial charge in [-0.25, -0.2) is 4.79 Å². The van der Waals surface area contributed by atoms with Gasteiger partial charge in [0.25, 0.3) is 5.91 Å². The van der Waals surface area contributed by atoms with Crippen molar-refractivity contribution in [3.63, 3.8) is 0 Å². The molecule has 2 aromatic rings. The highest BCUT2D eigenvalue weighted by Crippen LogP contribution is 2.47. The molecular formula is C27H19BrN4O3S2. The molecule has 1 atom stereocenters. The summed E-state index contributed by atoms with van der Waals surface area (Å²) in [5.74, 6) is -1.20. The Morgan fingerprint density at radius 2 is 1.76 bits per heavy atom. The summed E-state index contributed by atoms with van der Waals surface area (Å²) in [4.78, 5) is 28.5. The first kappa shape index (κ1) is 27.8. The van der Waals surface area contributed by atoms with E-state index < -0.39 is 11.2 Å². The summed E-state index contributed by atoms with van der Waals surface area (Å²) >= 11 is 5.73. The molecule has 7 nitrogen and oxygen atoms in total. The molecule has 10 heteroatoms. The van der Waals surface area contributed by atoms with Gasteiger partial charge >= 0.3 is 5.97 Å². The van der Waals surface area contributed by atoms with Crippen molar-refractivity contribution in [2.45, 2.75) is 12.2 Å². The van der Waals surface area contributed by atoms with Crippen molar-refractivity contribution in [3.05, 3.63) is 91.8 Å². The second-order valence-corrected chi connectivity index (χ2v) is 10.1. The third-order valence-electron chi connectivity index (χ3n) is 5.11. The lowest BCUT2D eigenvalue weighted by atomic mass is 10.0. The Kier molecular flexibility index (Phi) is 9.77. The molecule has 0 N–H and O–H groups in total. The number of ether oxygens (including phenoxy) is 1. The molecule has 1 heterocycles. The van der Waals surface area contributed by atoms with Crippen LogP contribution in [0.1, 0.15) is 12.5 Å². The van der Waals surface area contributed by atoms with Crippen LogP contribution in [0.4, 0.5) is 5.69 Å². The summed E-state index contributed by atoms with van der Waals surface area (Å²) in [7, 11) is 0. The van der Waals surface area contributed by atoms with Crippen molar-refractivity contribution < 1.29 is 14.3 Å². The van der Waals surface area contributed by atoms with Gasteiger partial charge in [0.2, 0.25) is 0 Å². The summed E-state index contributed by atoms with van der Waals surface area (Å²) in [6.07, 6.45) is 3.25. The van der Waals surface area contributed by atoms with E-state index in [0.717, 1.165) is 16.2 Å². The molecule has 0 bridgehead atoms. The molecule has 1 amide bonds. The number of hydrogen-bond acceptors (Lipinski definition) is 8. The van der Waals surface area contributed by atoms with Crippen LogP contribution in [-0.4, -0.2) is 30.0 Å². The van der Waals surface area contributed by atoms with Gasteiger partial charge in [-0.1, -0.05) is 58.0 Å². The summed E-state index contributed by atoms with van der Waals surface area (Å²) < 4.78 is 5.89. The Morgan fingerprint density at radius 1 is 1.11 bits per heavy atom. The first-order valence-corrected chi connectivity index (χ1v) is 13.7. The van der Waals surface area contributed by atoms with Gasteiger partial charge in [0.15, 0.2) is 5.57 Å². The molecule has 1 fully saturated rings. The highest BCUT2D eigenvalue weighted by molar-refractivity contribution is 9.10. The van der Waals surface area contributed by atoms with Gasteiger partial charge in [-0.3, -0.25) is 9.69 Å². The van der Waals surface area contributed by atoms with E-state index in [2.05, 4.69) is 15.9 Å². The largest absolute Gasteiger partial charge is 0.462 e. The number of benzene rings is 2. The molecule has 3 rings (SSSR count). The van der Waals surface area contributed by atoms with Crippen LogP contribution >= 0.6 is 39.5 Å². The van der Waals surface area contributed by atoms with Gasteiger partial charge in [-0.15, -0.1) is 11.8 Å². The Bertz CT molecular complexity index is 1410. The maximum Gasteiger partial charge on any atom is 0.351 e. The highest BCUT2D eigenvalue weighted by atomic mass is 79.9. The Labute approximate surface area is 231 Å². The summed E-state index contributed by atoms with van der Waals surface area (Å²) in [6, 6.07) is 21.7. The average Bonchev–Trinajstić information content (AvgIpc) is 3.24. The fraction of sp³-hybridized carbons (Fsp3) is 0.148. The van der Waals surface area contributed by atoms with Crippen LogP contribution in [0.25, 0.3) is 5.57 Å². The van der Waals surface area contributed by atoms with Gasteiger partial charge in [-0.05, 0) is 54.7 Å². The second-order valence-electron chi connectivity index (χ2n) is 7.29. The number of anilines is 1. The lowest BCUT2D eigenvalue weighted by Gasteiger charge is -2.19. The number of carbonyl (C=O) groups excluding carboxylic acids is 2. The quantitative estimate of drug-likeness (QED) is 0.168. The smallest absolute Gasteiger partial charge is 0.351 e. The average molecular weight is 592 g/mol. The minimum Gasteiger partial charge on any atom is -0.462 e. The monoisotopic (exact) mass is 590 g/mol. The fourth-order valence-electron chi connectivity index (χ4n) is 3.49. The first-order valence-electron chi connectivity index (χ1n) is 10.8. The van der Waals surface area contributed by atoms with Crippen molar-refractivity contribution in [1.82, 2.24) is 0 Å². The number of esters is 1. The zero-order valence-electron chi connectivity index (χ0n) is 19.8. The van der Waals surface area contributed by atoms with E-state index >= 15 is 0 Å². The number of thioether (sulfide) groups is 2. The Hall–Kier alpha value is -3.75. The zero-order valence-corrected chi connectivity index (χ0v) is 23.0. The van der Waals surface area contributed by atoms with Gasteiger partial charge in [-0.2, -0.15) is 15.8 Å². The van der Waals surface area contributed by atoms with Crippen molar-refractivity contribution in [2.24, 2.45) is 0 Å². The molecule has 1 saturated heterocycles. The summed E-state index contributed by atoms with van der Waals surface area (Å²) in [5, 5.41) is 28.0. The van der Waals surface area contributed by atoms with E-state index in [1.165, 1.54) is 22.7 Å². The van der Waals surface area contributed by atoms with Gasteiger partial charge in [0.1, 0.15) is 34.1 Å². The standard InChI is InChI=1S/C27H19BrN4O3S2/c1-3-35-27(34)22(16-31)26-32(20-11-9-19(28)10-12-20)25(33)24(37-26)23(36-2)21(13-17(14-29)15-30)18-7-5-4-6-8-18/h4-13,24H,3H2,1-2H3. The molecule has 0 radical (unpaired) electrons. The minimum absolute atomic E-state index is 0.0711. The first-order chi connectivity index (χ1) is 17.9. The van der Waals surface area contributed by atoms with E-state index in [9.17, 15) is 25.4 Å². The summed E-state index contributed by atoms with van der Waals surface area (Å²) in [5.41, 5.74) is 1.32. The van der Waals surface area contributed by atoms with Crippen LogP contribution in [0.2, 0.25) is 0 Å². The molecule has 0 saturated carbocycles. The van der Waals surface area contributed by atoms with Crippen molar-refractivity contribution in [1.29, 1.82) is 15.8 Å². The van der Waals surface area contributed by atoms with Crippen molar-refractivity contribution in [3.8, 4) is 18.2 Å². The van der Waals surface area contributed by atoms with Crippen LogP contribution in [-0.2, 0) is 14.3 Å². The number of nitriles is 3. The third-order valence-corrected chi connectivity index (χ3v) is 7.96. The van der Waals surface area contributed by atoms with Crippen LogP contribution < -0.4 is 4.90 Å². The number of hydrogen-bond donors (Lipinski definition) is 0. The molecule has 37 heavy (non-hydrogen) atoms. The van der Waals surface area contributed by atoms with Crippen LogP contribution in [0.3, 0.4) is 0 Å². The topological polar surface area (TPSA) is 118 Å². The lowest BCUT2D eigenvalue weighted by molar-refractivity contribution is -0.138. The maximum atomic E-state index is 14.0. The van der Waals surface area contributed by atoms with E-state index in [1.807, 2.05) is 48.5 Å². The Balaban J connectivity index is 2.30. The van der Waals surface area contributed by atoms with E-state index in [4.69, 9.17) is 4.74 Å². The molecule has 1 aliphatic heterocycles. The molecule has 0 aliphatic carbocycles. The predicted molar refractivity (Wildman–Crippen MR) is 148 cm³/mol. The molecule has 1 unspecified atom stereocenters. The van der Waals surface area contributed by atoms with Crippen LogP contribution in [0.15, 0.2) is 86.2 Å². The fourth-order valence-corrected chi connectivity index (χ4v) is 6.11. The van der Waals surface area contributed by atoms with Gasteiger partial charge in [0.05, 0.1) is 6.61 Å². The lowest BCUT2D eigenvalue weighted by Crippen LogP contribution is -2.30. The van der Waals surface area contributed by atoms with E-state index in [0.29, 0.717) is 21.7 Å².